The van der Waals surface area contributed by atoms with Crippen molar-refractivity contribution in [3.05, 3.63) is 24.3 Å². The van der Waals surface area contributed by atoms with Gasteiger partial charge in [-0.15, -0.1) is 0 Å². The summed E-state index contributed by atoms with van der Waals surface area (Å²) in [6, 6.07) is 3.57. The summed E-state index contributed by atoms with van der Waals surface area (Å²) in [5.74, 6) is 0.466. The average Bonchev–Trinajstić information content (AvgIpc) is 2.16. The van der Waals surface area contributed by atoms with Gasteiger partial charge in [0.1, 0.15) is 0 Å². The minimum atomic E-state index is -0.424. The zero-order valence-electron chi connectivity index (χ0n) is 9.04. The highest BCUT2D eigenvalue weighted by Gasteiger charge is 2.19. The number of pyridine rings is 1. The van der Waals surface area contributed by atoms with E-state index in [1.165, 1.54) is 31.7 Å². The first kappa shape index (κ1) is 10.4. The molecule has 1 fully saturated rings. The largest absolute Gasteiger partial charge is 0.381 e. The van der Waals surface area contributed by atoms with Gasteiger partial charge in [0.05, 0.1) is 11.9 Å². The topological polar surface area (TPSA) is 24.9 Å². The summed E-state index contributed by atoms with van der Waals surface area (Å²) < 4.78 is 12.6. The molecular formula is C12H17FN2. The zero-order chi connectivity index (χ0) is 10.7. The molecular weight excluding hydrogens is 191 g/mol. The van der Waals surface area contributed by atoms with Crippen LogP contribution in [0.1, 0.15) is 32.6 Å². The minimum absolute atomic E-state index is 0.424. The van der Waals surface area contributed by atoms with Crippen molar-refractivity contribution in [2.75, 3.05) is 5.32 Å². The third-order valence-corrected chi connectivity index (χ3v) is 3.05. The molecule has 1 aliphatic carbocycles. The lowest BCUT2D eigenvalue weighted by atomic mass is 9.81. The Morgan fingerprint density at radius 1 is 1.53 bits per heavy atom. The summed E-state index contributed by atoms with van der Waals surface area (Å²) in [5, 5.41) is 3.34. The van der Waals surface area contributed by atoms with E-state index in [4.69, 9.17) is 0 Å². The van der Waals surface area contributed by atoms with Gasteiger partial charge in [0.2, 0.25) is 5.95 Å². The normalized spacial score (nSPS) is 18.3. The van der Waals surface area contributed by atoms with Gasteiger partial charge < -0.3 is 5.32 Å². The lowest BCUT2D eigenvalue weighted by molar-refractivity contribution is 0.286. The molecule has 0 saturated heterocycles. The summed E-state index contributed by atoms with van der Waals surface area (Å²) in [6.07, 6.45) is 6.88. The number of aromatic nitrogens is 1. The Bertz CT molecular complexity index is 306. The monoisotopic (exact) mass is 208 g/mol. The Morgan fingerprint density at radius 2 is 2.33 bits per heavy atom. The van der Waals surface area contributed by atoms with Gasteiger partial charge in [-0.25, -0.2) is 4.98 Å². The molecule has 0 spiro atoms. The molecule has 2 rings (SSSR count). The molecule has 1 unspecified atom stereocenters. The molecule has 1 N–H and O–H groups in total. The first-order valence-corrected chi connectivity index (χ1v) is 5.62. The molecule has 1 atom stereocenters. The van der Waals surface area contributed by atoms with Crippen molar-refractivity contribution in [3.8, 4) is 0 Å². The van der Waals surface area contributed by atoms with Gasteiger partial charge >= 0.3 is 0 Å². The number of anilines is 1. The molecule has 1 saturated carbocycles. The predicted octanol–water partition coefficient (Wildman–Crippen LogP) is 3.21. The van der Waals surface area contributed by atoms with Crippen LogP contribution in [0, 0.1) is 11.9 Å². The van der Waals surface area contributed by atoms with Crippen LogP contribution in [-0.2, 0) is 0 Å². The van der Waals surface area contributed by atoms with E-state index in [0.717, 1.165) is 11.6 Å². The Morgan fingerprint density at radius 3 is 2.87 bits per heavy atom. The van der Waals surface area contributed by atoms with E-state index < -0.39 is 5.95 Å². The number of hydrogen-bond acceptors (Lipinski definition) is 2. The van der Waals surface area contributed by atoms with E-state index in [1.54, 1.807) is 12.3 Å². The lowest BCUT2D eigenvalue weighted by Gasteiger charge is -2.28. The maximum Gasteiger partial charge on any atom is 0.212 e. The maximum atomic E-state index is 12.6. The fourth-order valence-electron chi connectivity index (χ4n) is 2.03. The van der Waals surface area contributed by atoms with Crippen molar-refractivity contribution in [3.63, 3.8) is 0 Å². The van der Waals surface area contributed by atoms with E-state index in [0.29, 0.717) is 6.04 Å². The molecule has 1 aromatic rings. The lowest BCUT2D eigenvalue weighted by Crippen LogP contribution is -2.23. The van der Waals surface area contributed by atoms with Gasteiger partial charge in [-0.1, -0.05) is 19.3 Å². The summed E-state index contributed by atoms with van der Waals surface area (Å²) in [5.41, 5.74) is 0.906. The van der Waals surface area contributed by atoms with Crippen molar-refractivity contribution in [2.24, 2.45) is 5.92 Å². The number of hydrogen-bond donors (Lipinski definition) is 1. The fourth-order valence-corrected chi connectivity index (χ4v) is 2.03. The third-order valence-electron chi connectivity index (χ3n) is 3.05. The molecule has 0 radical (unpaired) electrons. The first-order chi connectivity index (χ1) is 7.24. The van der Waals surface area contributed by atoms with Crippen LogP contribution < -0.4 is 5.32 Å². The Hall–Kier alpha value is -1.12. The molecule has 15 heavy (non-hydrogen) atoms. The van der Waals surface area contributed by atoms with Crippen LogP contribution in [0.15, 0.2) is 18.3 Å². The third kappa shape index (κ3) is 2.91. The number of halogens is 1. The summed E-state index contributed by atoms with van der Waals surface area (Å²) in [7, 11) is 0. The van der Waals surface area contributed by atoms with E-state index in [1.807, 2.05) is 0 Å². The van der Waals surface area contributed by atoms with Crippen molar-refractivity contribution in [2.45, 2.75) is 38.6 Å². The Labute approximate surface area is 89.9 Å². The van der Waals surface area contributed by atoms with Crippen molar-refractivity contribution in [1.29, 1.82) is 0 Å². The molecule has 0 aromatic carbocycles. The van der Waals surface area contributed by atoms with Crippen LogP contribution in [-0.4, -0.2) is 11.0 Å². The molecule has 0 bridgehead atoms. The molecule has 2 nitrogen and oxygen atoms in total. The number of nitrogens with one attached hydrogen (secondary N) is 1. The molecule has 0 amide bonds. The predicted molar refractivity (Wildman–Crippen MR) is 59.2 cm³/mol. The molecule has 3 heteroatoms. The molecule has 1 aliphatic rings. The standard InChI is InChI=1S/C12H17FN2/c1-9(7-10-3-2-4-10)15-11-5-6-12(13)14-8-11/h5-6,8-10,15H,2-4,7H2,1H3. The summed E-state index contributed by atoms with van der Waals surface area (Å²) >= 11 is 0. The van der Waals surface area contributed by atoms with Crippen molar-refractivity contribution in [1.82, 2.24) is 4.98 Å². The second-order valence-corrected chi connectivity index (χ2v) is 4.45. The van der Waals surface area contributed by atoms with Gasteiger partial charge in [-0.05, 0) is 31.4 Å². The Kier molecular flexibility index (Phi) is 3.19. The van der Waals surface area contributed by atoms with Crippen molar-refractivity contribution >= 4 is 5.69 Å². The average molecular weight is 208 g/mol. The van der Waals surface area contributed by atoms with Gasteiger partial charge in [0.15, 0.2) is 0 Å². The molecule has 1 heterocycles. The number of nitrogens with zero attached hydrogens (tertiary/aromatic N) is 1. The zero-order valence-corrected chi connectivity index (χ0v) is 9.04. The molecule has 82 valence electrons. The highest BCUT2D eigenvalue weighted by Crippen LogP contribution is 2.30. The van der Waals surface area contributed by atoms with Crippen LogP contribution in [0.5, 0.6) is 0 Å². The van der Waals surface area contributed by atoms with Crippen LogP contribution in [0.25, 0.3) is 0 Å². The van der Waals surface area contributed by atoms with Gasteiger partial charge in [-0.3, -0.25) is 0 Å². The summed E-state index contributed by atoms with van der Waals surface area (Å²) in [4.78, 5) is 3.62. The molecule has 0 aliphatic heterocycles. The van der Waals surface area contributed by atoms with Crippen LogP contribution >= 0.6 is 0 Å². The van der Waals surface area contributed by atoms with E-state index in [2.05, 4.69) is 17.2 Å². The van der Waals surface area contributed by atoms with Gasteiger partial charge in [0, 0.05) is 6.04 Å². The van der Waals surface area contributed by atoms with E-state index in [-0.39, 0.29) is 0 Å². The van der Waals surface area contributed by atoms with E-state index in [9.17, 15) is 4.39 Å². The number of rotatable bonds is 4. The second-order valence-electron chi connectivity index (χ2n) is 4.45. The fraction of sp³-hybridized carbons (Fsp3) is 0.583. The second kappa shape index (κ2) is 4.60. The highest BCUT2D eigenvalue weighted by molar-refractivity contribution is 5.40. The van der Waals surface area contributed by atoms with Crippen LogP contribution in [0.4, 0.5) is 10.1 Å². The van der Waals surface area contributed by atoms with Gasteiger partial charge in [0.25, 0.3) is 0 Å². The van der Waals surface area contributed by atoms with Crippen LogP contribution in [0.3, 0.4) is 0 Å². The van der Waals surface area contributed by atoms with Crippen LogP contribution in [0.2, 0.25) is 0 Å². The van der Waals surface area contributed by atoms with Gasteiger partial charge in [-0.2, -0.15) is 4.39 Å². The highest BCUT2D eigenvalue weighted by atomic mass is 19.1. The maximum absolute atomic E-state index is 12.6. The quantitative estimate of drug-likeness (QED) is 0.768. The van der Waals surface area contributed by atoms with E-state index >= 15 is 0 Å². The SMILES string of the molecule is CC(CC1CCC1)Nc1ccc(F)nc1. The first-order valence-electron chi connectivity index (χ1n) is 5.62. The smallest absolute Gasteiger partial charge is 0.212 e. The Balaban J connectivity index is 1.82. The van der Waals surface area contributed by atoms with Crippen molar-refractivity contribution < 1.29 is 4.39 Å². The summed E-state index contributed by atoms with van der Waals surface area (Å²) in [6.45, 7) is 2.17. The molecule has 1 aromatic heterocycles. The minimum Gasteiger partial charge on any atom is -0.381 e.